The Labute approximate surface area is 171 Å². The molecule has 2 heterocycles. The van der Waals surface area contributed by atoms with Crippen LogP contribution in [0.25, 0.3) is 0 Å². The molecule has 7 heteroatoms. The monoisotopic (exact) mass is 421 g/mol. The molecule has 1 atom stereocenters. The molecule has 0 bridgehead atoms. The predicted molar refractivity (Wildman–Crippen MR) is 113 cm³/mol. The van der Waals surface area contributed by atoms with Crippen LogP contribution in [0.1, 0.15) is 42.2 Å². The molecule has 0 radical (unpaired) electrons. The lowest BCUT2D eigenvalue weighted by atomic mass is 10.0. The molecule has 28 heavy (non-hydrogen) atoms. The van der Waals surface area contributed by atoms with Crippen molar-refractivity contribution in [3.63, 3.8) is 0 Å². The van der Waals surface area contributed by atoms with E-state index in [-0.39, 0.29) is 30.1 Å². The summed E-state index contributed by atoms with van der Waals surface area (Å²) in [6.45, 7) is 6.59. The van der Waals surface area contributed by atoms with Crippen LogP contribution in [0, 0.1) is 6.92 Å². The van der Waals surface area contributed by atoms with E-state index in [1.165, 1.54) is 5.56 Å². The molecule has 1 saturated heterocycles. The number of hydrogen-bond donors (Lipinski definition) is 0. The number of amides is 1. The highest BCUT2D eigenvalue weighted by Gasteiger charge is 2.35. The molecule has 2 aromatic rings. The number of sulfone groups is 1. The van der Waals surface area contributed by atoms with Crippen molar-refractivity contribution in [3.05, 3.63) is 51.7 Å². The smallest absolute Gasteiger partial charge is 0.261 e. The lowest BCUT2D eigenvalue weighted by Crippen LogP contribution is -2.43. The molecular formula is C21H27NO4S2. The molecule has 1 amide bonds. The van der Waals surface area contributed by atoms with Gasteiger partial charge in [-0.05, 0) is 54.0 Å². The Bertz CT molecular complexity index is 916. The molecule has 152 valence electrons. The van der Waals surface area contributed by atoms with Gasteiger partial charge in [0.05, 0.1) is 18.1 Å². The lowest BCUT2D eigenvalue weighted by molar-refractivity contribution is -0.135. The predicted octanol–water partition coefficient (Wildman–Crippen LogP) is 3.77. The topological polar surface area (TPSA) is 63.7 Å². The van der Waals surface area contributed by atoms with Crippen LogP contribution in [-0.4, -0.2) is 43.4 Å². The third-order valence-corrected chi connectivity index (χ3v) is 7.92. The standard InChI is InChI=1S/C21H27NO4S2/c1-15(2)17-4-6-19(7-5-17)26-13-21(23)22(12-20-16(3)8-10-27-20)18-9-11-28(24,25)14-18/h4-8,10,15,18H,9,11-14H2,1-3H3/t18-/m1/s1. The van der Waals surface area contributed by atoms with Crippen LogP contribution >= 0.6 is 11.3 Å². The fraction of sp³-hybridized carbons (Fsp3) is 0.476. The summed E-state index contributed by atoms with van der Waals surface area (Å²) in [6, 6.07) is 9.47. The number of ether oxygens (including phenoxy) is 1. The Morgan fingerprint density at radius 2 is 1.96 bits per heavy atom. The SMILES string of the molecule is Cc1ccsc1CN(C(=O)COc1ccc(C(C)C)cc1)[C@@H]1CCS(=O)(=O)C1. The van der Waals surface area contributed by atoms with Gasteiger partial charge in [-0.15, -0.1) is 11.3 Å². The normalized spacial score (nSPS) is 18.4. The van der Waals surface area contributed by atoms with Gasteiger partial charge in [-0.3, -0.25) is 4.79 Å². The zero-order valence-electron chi connectivity index (χ0n) is 16.6. The maximum absolute atomic E-state index is 12.9. The van der Waals surface area contributed by atoms with Gasteiger partial charge in [-0.1, -0.05) is 26.0 Å². The third kappa shape index (κ3) is 5.14. The minimum atomic E-state index is -3.07. The highest BCUT2D eigenvalue weighted by molar-refractivity contribution is 7.91. The van der Waals surface area contributed by atoms with Crippen molar-refractivity contribution in [2.45, 2.75) is 45.7 Å². The van der Waals surface area contributed by atoms with E-state index >= 15 is 0 Å². The molecule has 0 saturated carbocycles. The van der Waals surface area contributed by atoms with Gasteiger partial charge in [0.15, 0.2) is 16.4 Å². The average Bonchev–Trinajstić information content (AvgIpc) is 3.22. The van der Waals surface area contributed by atoms with Crippen molar-refractivity contribution in [3.8, 4) is 5.75 Å². The molecule has 0 aliphatic carbocycles. The second-order valence-electron chi connectivity index (χ2n) is 7.62. The summed E-state index contributed by atoms with van der Waals surface area (Å²) >= 11 is 1.59. The molecular weight excluding hydrogens is 394 g/mol. The zero-order chi connectivity index (χ0) is 20.3. The van der Waals surface area contributed by atoms with Crippen LogP contribution in [0.15, 0.2) is 35.7 Å². The van der Waals surface area contributed by atoms with E-state index in [4.69, 9.17) is 4.74 Å². The molecule has 1 fully saturated rings. The number of benzene rings is 1. The van der Waals surface area contributed by atoms with Crippen molar-refractivity contribution in [1.82, 2.24) is 4.90 Å². The summed E-state index contributed by atoms with van der Waals surface area (Å²) < 4.78 is 29.6. The summed E-state index contributed by atoms with van der Waals surface area (Å²) in [4.78, 5) is 15.7. The fourth-order valence-electron chi connectivity index (χ4n) is 3.34. The summed E-state index contributed by atoms with van der Waals surface area (Å²) in [6.07, 6.45) is 0.488. The van der Waals surface area contributed by atoms with Crippen LogP contribution < -0.4 is 4.74 Å². The highest BCUT2D eigenvalue weighted by atomic mass is 32.2. The summed E-state index contributed by atoms with van der Waals surface area (Å²) in [7, 11) is -3.07. The second kappa shape index (κ2) is 8.66. The molecule has 5 nitrogen and oxygen atoms in total. The van der Waals surface area contributed by atoms with Crippen LogP contribution in [0.2, 0.25) is 0 Å². The zero-order valence-corrected chi connectivity index (χ0v) is 18.2. The molecule has 3 rings (SSSR count). The van der Waals surface area contributed by atoms with E-state index in [0.717, 1.165) is 10.4 Å². The third-order valence-electron chi connectivity index (χ3n) is 5.16. The molecule has 1 aliphatic heterocycles. The number of carbonyl (C=O) groups is 1. The molecule has 1 aromatic carbocycles. The Balaban J connectivity index is 1.70. The maximum atomic E-state index is 12.9. The second-order valence-corrected chi connectivity index (χ2v) is 10.8. The molecule has 1 aliphatic rings. The Hall–Kier alpha value is -1.86. The number of aryl methyl sites for hydroxylation is 1. The van der Waals surface area contributed by atoms with Crippen molar-refractivity contribution < 1.29 is 17.9 Å². The summed E-state index contributed by atoms with van der Waals surface area (Å²) in [5, 5.41) is 1.99. The van der Waals surface area contributed by atoms with Gasteiger partial charge in [0.1, 0.15) is 5.75 Å². The van der Waals surface area contributed by atoms with E-state index in [9.17, 15) is 13.2 Å². The quantitative estimate of drug-likeness (QED) is 0.683. The van der Waals surface area contributed by atoms with Crippen molar-refractivity contribution in [1.29, 1.82) is 0 Å². The Morgan fingerprint density at radius 1 is 1.25 bits per heavy atom. The number of carbonyl (C=O) groups excluding carboxylic acids is 1. The van der Waals surface area contributed by atoms with Gasteiger partial charge < -0.3 is 9.64 Å². The minimum absolute atomic E-state index is 0.0340. The lowest BCUT2D eigenvalue weighted by Gasteiger charge is -2.28. The van der Waals surface area contributed by atoms with Gasteiger partial charge in [0.2, 0.25) is 0 Å². The first-order valence-corrected chi connectivity index (χ1v) is 12.2. The van der Waals surface area contributed by atoms with E-state index in [1.807, 2.05) is 42.6 Å². The van der Waals surface area contributed by atoms with Gasteiger partial charge in [0, 0.05) is 10.9 Å². The number of nitrogens with zero attached hydrogens (tertiary/aromatic N) is 1. The molecule has 1 aromatic heterocycles. The largest absolute Gasteiger partial charge is 0.484 e. The van der Waals surface area contributed by atoms with Crippen LogP contribution in [-0.2, 0) is 21.2 Å². The van der Waals surface area contributed by atoms with Crippen LogP contribution in [0.5, 0.6) is 5.75 Å². The Morgan fingerprint density at radius 3 is 2.50 bits per heavy atom. The average molecular weight is 422 g/mol. The fourth-order valence-corrected chi connectivity index (χ4v) is 5.97. The number of rotatable bonds is 7. The Kier molecular flexibility index (Phi) is 6.45. The summed E-state index contributed by atoms with van der Waals surface area (Å²) in [5.41, 5.74) is 2.33. The van der Waals surface area contributed by atoms with Crippen molar-refractivity contribution in [2.24, 2.45) is 0 Å². The first-order valence-electron chi connectivity index (χ1n) is 9.51. The first-order chi connectivity index (χ1) is 13.2. The van der Waals surface area contributed by atoms with E-state index in [0.29, 0.717) is 24.6 Å². The number of thiophene rings is 1. The van der Waals surface area contributed by atoms with Crippen LogP contribution in [0.4, 0.5) is 0 Å². The van der Waals surface area contributed by atoms with E-state index < -0.39 is 9.84 Å². The minimum Gasteiger partial charge on any atom is -0.484 e. The van der Waals surface area contributed by atoms with Crippen molar-refractivity contribution in [2.75, 3.05) is 18.1 Å². The first kappa shape index (κ1) is 20.9. The van der Waals surface area contributed by atoms with Gasteiger partial charge >= 0.3 is 0 Å². The van der Waals surface area contributed by atoms with Gasteiger partial charge in [0.25, 0.3) is 5.91 Å². The molecule has 0 N–H and O–H groups in total. The van der Waals surface area contributed by atoms with Crippen molar-refractivity contribution >= 4 is 27.1 Å². The number of hydrogen-bond acceptors (Lipinski definition) is 5. The van der Waals surface area contributed by atoms with Gasteiger partial charge in [-0.25, -0.2) is 8.42 Å². The molecule has 0 spiro atoms. The molecule has 0 unspecified atom stereocenters. The maximum Gasteiger partial charge on any atom is 0.261 e. The summed E-state index contributed by atoms with van der Waals surface area (Å²) in [5.74, 6) is 1.07. The highest BCUT2D eigenvalue weighted by Crippen LogP contribution is 2.25. The van der Waals surface area contributed by atoms with Crippen LogP contribution in [0.3, 0.4) is 0 Å². The van der Waals surface area contributed by atoms with E-state index in [2.05, 4.69) is 13.8 Å². The van der Waals surface area contributed by atoms with E-state index in [1.54, 1.807) is 16.2 Å². The van der Waals surface area contributed by atoms with Gasteiger partial charge in [-0.2, -0.15) is 0 Å².